The molecule has 2 atom stereocenters. The normalized spacial score (nSPS) is 16.8. The zero-order valence-electron chi connectivity index (χ0n) is 11.0. The highest BCUT2D eigenvalue weighted by atomic mass is 16.4. The Bertz CT molecular complexity index is 449. The monoisotopic (exact) mass is 264 g/mol. The zero-order valence-corrected chi connectivity index (χ0v) is 11.0. The first kappa shape index (κ1) is 16.7. The number of rotatable bonds is 8. The van der Waals surface area contributed by atoms with Crippen molar-refractivity contribution in [2.75, 3.05) is 0 Å². The number of hydrogen-bond donors (Lipinski definition) is 1. The van der Waals surface area contributed by atoms with E-state index < -0.39 is 17.0 Å². The van der Waals surface area contributed by atoms with Gasteiger partial charge in [-0.2, -0.15) is 20.8 Å². The lowest BCUT2D eigenvalue weighted by atomic mass is 9.98. The number of carboxylic acid groups (broad SMARTS) is 1. The van der Waals surface area contributed by atoms with Gasteiger partial charge in [0.25, 0.3) is 0 Å². The van der Waals surface area contributed by atoms with Crippen molar-refractivity contribution in [2.45, 2.75) is 50.6 Å². The Morgan fingerprint density at radius 2 is 1.68 bits per heavy atom. The summed E-state index contributed by atoms with van der Waals surface area (Å²) in [5.41, 5.74) is -2.46. The molecule has 0 amide bonds. The quantitative estimate of drug-likeness (QED) is 0.528. The van der Waals surface area contributed by atoms with Gasteiger partial charge in [0.15, 0.2) is 11.1 Å². The lowest BCUT2D eigenvalue weighted by Crippen LogP contribution is -2.24. The first-order chi connectivity index (χ1) is 8.81. The van der Waals surface area contributed by atoms with Gasteiger partial charge in [0.05, 0.1) is 12.1 Å². The minimum atomic E-state index is -1.28. The molecular weight excluding hydrogens is 248 g/mol. The third-order valence-corrected chi connectivity index (χ3v) is 2.55. The molecule has 0 fully saturated rings. The second kappa shape index (κ2) is 7.22. The molecule has 0 aliphatic rings. The van der Waals surface area contributed by atoms with Gasteiger partial charge in [0, 0.05) is 12.8 Å². The van der Waals surface area contributed by atoms with Crippen LogP contribution in [0, 0.1) is 22.7 Å². The molecule has 19 heavy (non-hydrogen) atoms. The van der Waals surface area contributed by atoms with E-state index in [4.69, 9.17) is 15.6 Å². The number of carboxylic acids is 1. The maximum absolute atomic E-state index is 10.5. The van der Waals surface area contributed by atoms with Gasteiger partial charge in [-0.05, 0) is 26.7 Å². The van der Waals surface area contributed by atoms with Crippen molar-refractivity contribution >= 4 is 12.3 Å². The molecule has 0 radical (unpaired) electrons. The lowest BCUT2D eigenvalue weighted by molar-refractivity contribution is -0.137. The number of aldehydes is 1. The molecule has 1 N–H and O–H groups in total. The summed E-state index contributed by atoms with van der Waals surface area (Å²) < 4.78 is 0. The van der Waals surface area contributed by atoms with E-state index in [9.17, 15) is 9.59 Å². The SMILES string of the molecule is CC(C#N)(CCC=O)N=NC(C)(C#N)CCC(=O)O. The zero-order chi connectivity index (χ0) is 14.9. The second-order valence-electron chi connectivity index (χ2n) is 4.57. The summed E-state index contributed by atoms with van der Waals surface area (Å²) in [6, 6.07) is 3.81. The molecule has 102 valence electrons. The fraction of sp³-hybridized carbons (Fsp3) is 0.667. The van der Waals surface area contributed by atoms with Crippen molar-refractivity contribution in [1.82, 2.24) is 0 Å². The average molecular weight is 264 g/mol. The summed E-state index contributed by atoms with van der Waals surface area (Å²) in [7, 11) is 0. The number of nitrogens with zero attached hydrogens (tertiary/aromatic N) is 4. The number of carbonyl (C=O) groups is 2. The summed E-state index contributed by atoms with van der Waals surface area (Å²) in [4.78, 5) is 20.8. The van der Waals surface area contributed by atoms with Crippen LogP contribution in [0.25, 0.3) is 0 Å². The van der Waals surface area contributed by atoms with Crippen LogP contribution in [0.3, 0.4) is 0 Å². The Labute approximate surface area is 111 Å². The van der Waals surface area contributed by atoms with Crippen molar-refractivity contribution < 1.29 is 14.7 Å². The van der Waals surface area contributed by atoms with Crippen LogP contribution in [0.2, 0.25) is 0 Å². The van der Waals surface area contributed by atoms with Crippen LogP contribution in [-0.2, 0) is 9.59 Å². The van der Waals surface area contributed by atoms with Gasteiger partial charge in [-0.25, -0.2) is 0 Å². The van der Waals surface area contributed by atoms with E-state index in [-0.39, 0.29) is 25.7 Å². The first-order valence-electron chi connectivity index (χ1n) is 5.73. The summed E-state index contributed by atoms with van der Waals surface area (Å²) in [6.07, 6.45) is 0.857. The van der Waals surface area contributed by atoms with Gasteiger partial charge in [0.1, 0.15) is 6.29 Å². The Balaban J connectivity index is 4.88. The molecule has 0 aromatic heterocycles. The van der Waals surface area contributed by atoms with Gasteiger partial charge in [-0.15, -0.1) is 0 Å². The van der Waals surface area contributed by atoms with Gasteiger partial charge in [-0.1, -0.05) is 0 Å². The topological polar surface area (TPSA) is 127 Å². The maximum atomic E-state index is 10.5. The van der Waals surface area contributed by atoms with Crippen LogP contribution in [0.4, 0.5) is 0 Å². The molecule has 0 aliphatic heterocycles. The summed E-state index contributed by atoms with van der Waals surface area (Å²) in [5, 5.41) is 34.2. The Kier molecular flexibility index (Phi) is 6.35. The average Bonchev–Trinajstić information content (AvgIpc) is 2.40. The number of nitriles is 2. The Morgan fingerprint density at radius 3 is 2.05 bits per heavy atom. The molecule has 0 aromatic carbocycles. The van der Waals surface area contributed by atoms with Crippen LogP contribution in [0.15, 0.2) is 10.2 Å². The highest BCUT2D eigenvalue weighted by Crippen LogP contribution is 2.22. The molecule has 0 aromatic rings. The van der Waals surface area contributed by atoms with E-state index in [0.717, 1.165) is 0 Å². The second-order valence-corrected chi connectivity index (χ2v) is 4.57. The van der Waals surface area contributed by atoms with E-state index in [1.54, 1.807) is 0 Å². The Morgan fingerprint density at radius 1 is 1.21 bits per heavy atom. The molecule has 0 saturated heterocycles. The minimum absolute atomic E-state index is 0.0114. The van der Waals surface area contributed by atoms with Crippen LogP contribution in [0.5, 0.6) is 0 Å². The summed E-state index contributed by atoms with van der Waals surface area (Å²) >= 11 is 0. The van der Waals surface area contributed by atoms with E-state index >= 15 is 0 Å². The van der Waals surface area contributed by atoms with Gasteiger partial charge >= 0.3 is 5.97 Å². The molecule has 2 unspecified atom stereocenters. The molecule has 7 nitrogen and oxygen atoms in total. The van der Waals surface area contributed by atoms with E-state index in [1.807, 2.05) is 12.1 Å². The van der Waals surface area contributed by atoms with Crippen LogP contribution in [-0.4, -0.2) is 28.4 Å². The molecule has 0 aliphatic carbocycles. The number of azo groups is 1. The van der Waals surface area contributed by atoms with Crippen LogP contribution >= 0.6 is 0 Å². The maximum Gasteiger partial charge on any atom is 0.303 e. The summed E-state index contributed by atoms with van der Waals surface area (Å²) in [5.74, 6) is -1.03. The molecule has 0 spiro atoms. The molecule has 0 heterocycles. The van der Waals surface area contributed by atoms with E-state index in [1.165, 1.54) is 13.8 Å². The van der Waals surface area contributed by atoms with Crippen LogP contribution < -0.4 is 0 Å². The highest BCUT2D eigenvalue weighted by molar-refractivity contribution is 5.66. The third-order valence-electron chi connectivity index (χ3n) is 2.55. The molecule has 0 rings (SSSR count). The van der Waals surface area contributed by atoms with E-state index in [0.29, 0.717) is 6.29 Å². The molecule has 7 heteroatoms. The molecule has 0 saturated carbocycles. The number of hydrogen-bond acceptors (Lipinski definition) is 6. The van der Waals surface area contributed by atoms with Crippen molar-refractivity contribution in [3.63, 3.8) is 0 Å². The lowest BCUT2D eigenvalue weighted by Gasteiger charge is -2.18. The van der Waals surface area contributed by atoms with Crippen molar-refractivity contribution in [3.8, 4) is 12.1 Å². The number of carbonyl (C=O) groups excluding carboxylic acids is 1. The first-order valence-corrected chi connectivity index (χ1v) is 5.73. The highest BCUT2D eigenvalue weighted by Gasteiger charge is 2.28. The Hall–Kier alpha value is -2.28. The smallest absolute Gasteiger partial charge is 0.303 e. The van der Waals surface area contributed by atoms with Crippen molar-refractivity contribution in [1.29, 1.82) is 10.5 Å². The predicted molar refractivity (Wildman–Crippen MR) is 65.1 cm³/mol. The fourth-order valence-electron chi connectivity index (χ4n) is 1.17. The minimum Gasteiger partial charge on any atom is -0.481 e. The van der Waals surface area contributed by atoms with Crippen molar-refractivity contribution in [3.05, 3.63) is 0 Å². The van der Waals surface area contributed by atoms with E-state index in [2.05, 4.69) is 10.2 Å². The molecular formula is C12H16N4O3. The van der Waals surface area contributed by atoms with Gasteiger partial charge < -0.3 is 9.90 Å². The fourth-order valence-corrected chi connectivity index (χ4v) is 1.17. The summed E-state index contributed by atoms with van der Waals surface area (Å²) in [6.45, 7) is 2.96. The standard InChI is InChI=1S/C12H16N4O3/c1-11(8-13,5-3-7-17)15-16-12(2,9-14)6-4-10(18)19/h7H,3-6H2,1-2H3,(H,18,19). The molecule has 0 bridgehead atoms. The van der Waals surface area contributed by atoms with Crippen molar-refractivity contribution in [2.24, 2.45) is 10.2 Å². The van der Waals surface area contributed by atoms with Gasteiger partial charge in [0.2, 0.25) is 0 Å². The van der Waals surface area contributed by atoms with Crippen LogP contribution in [0.1, 0.15) is 39.5 Å². The van der Waals surface area contributed by atoms with Gasteiger partial charge in [-0.3, -0.25) is 4.79 Å². The third kappa shape index (κ3) is 6.27. The predicted octanol–water partition coefficient (Wildman–Crippen LogP) is 1.85. The largest absolute Gasteiger partial charge is 0.481 e. The number of aliphatic carboxylic acids is 1.